The average molecular weight is 399 g/mol. The molecule has 0 heterocycles. The van der Waals surface area contributed by atoms with Gasteiger partial charge in [-0.25, -0.2) is 0 Å². The molecule has 0 aromatic heterocycles. The lowest BCUT2D eigenvalue weighted by Gasteiger charge is -2.50. The van der Waals surface area contributed by atoms with Crippen LogP contribution in [0.1, 0.15) is 63.5 Å². The van der Waals surface area contributed by atoms with Gasteiger partial charge in [-0.05, 0) is 73.1 Å². The Morgan fingerprint density at radius 1 is 1.17 bits per heavy atom. The van der Waals surface area contributed by atoms with Crippen molar-refractivity contribution in [2.75, 3.05) is 7.11 Å². The molecule has 0 spiro atoms. The van der Waals surface area contributed by atoms with Crippen LogP contribution in [0.3, 0.4) is 0 Å². The van der Waals surface area contributed by atoms with Crippen LogP contribution in [0.5, 0.6) is 5.75 Å². The van der Waals surface area contributed by atoms with Crippen LogP contribution in [0.2, 0.25) is 0 Å². The van der Waals surface area contributed by atoms with Crippen LogP contribution in [0.25, 0.3) is 0 Å². The first-order valence-electron chi connectivity index (χ1n) is 10.4. The van der Waals surface area contributed by atoms with Crippen molar-refractivity contribution in [3.05, 3.63) is 29.3 Å². The number of carbonyl (C=O) groups excluding carboxylic acids is 2. The second-order valence-electron chi connectivity index (χ2n) is 8.87. The maximum Gasteiger partial charge on any atom is 0.308 e. The van der Waals surface area contributed by atoms with E-state index in [1.165, 1.54) is 25.0 Å². The van der Waals surface area contributed by atoms with Crippen LogP contribution in [-0.2, 0) is 25.6 Å². The Kier molecular flexibility index (Phi) is 5.13. The molecule has 0 radical (unpaired) electrons. The van der Waals surface area contributed by atoms with Crippen molar-refractivity contribution in [2.24, 2.45) is 22.4 Å². The highest BCUT2D eigenvalue weighted by molar-refractivity contribution is 5.93. The highest BCUT2D eigenvalue weighted by atomic mass is 16.6. The number of rotatable bonds is 3. The Balaban J connectivity index is 1.64. The van der Waals surface area contributed by atoms with E-state index in [-0.39, 0.29) is 23.5 Å². The molecule has 0 bridgehead atoms. The largest absolute Gasteiger partial charge is 0.456 e. The highest BCUT2D eigenvalue weighted by Crippen LogP contribution is 2.61. The van der Waals surface area contributed by atoms with E-state index in [2.05, 4.69) is 18.1 Å². The molecule has 6 heteroatoms. The summed E-state index contributed by atoms with van der Waals surface area (Å²) in [6.45, 7) is 5.14. The van der Waals surface area contributed by atoms with Crippen molar-refractivity contribution in [1.82, 2.24) is 0 Å². The van der Waals surface area contributed by atoms with Gasteiger partial charge in [0.25, 0.3) is 0 Å². The SMILES string of the molecule is CO/N=C1\CC2C3CCc4cc(OC(C)=O)ccc4C3CCC2(C)C1OC(C)=O. The molecule has 0 saturated heterocycles. The molecule has 2 saturated carbocycles. The molecular formula is C23H29NO5. The van der Waals surface area contributed by atoms with Crippen molar-refractivity contribution in [3.8, 4) is 5.75 Å². The van der Waals surface area contributed by atoms with E-state index in [0.29, 0.717) is 23.5 Å². The zero-order valence-corrected chi connectivity index (χ0v) is 17.6. The molecule has 0 amide bonds. The molecule has 4 rings (SSSR count). The van der Waals surface area contributed by atoms with Gasteiger partial charge in [-0.15, -0.1) is 0 Å². The van der Waals surface area contributed by atoms with Crippen molar-refractivity contribution < 1.29 is 23.9 Å². The molecule has 6 nitrogen and oxygen atoms in total. The average Bonchev–Trinajstić information content (AvgIpc) is 2.93. The van der Waals surface area contributed by atoms with Gasteiger partial charge in [0.05, 0.1) is 5.71 Å². The number of aryl methyl sites for hydroxylation is 1. The standard InChI is InChI=1S/C23H29NO5/c1-13(25)28-16-6-8-17-15(11-16)5-7-19-18(17)9-10-23(3)20(19)12-21(24-27-4)22(23)29-14(2)26/h6,8,11,18-20,22H,5,7,9-10,12H2,1-4H3/b24-21+. The predicted molar refractivity (Wildman–Crippen MR) is 108 cm³/mol. The minimum atomic E-state index is -0.307. The topological polar surface area (TPSA) is 74.2 Å². The molecule has 1 aromatic rings. The highest BCUT2D eigenvalue weighted by Gasteiger charge is 2.59. The quantitative estimate of drug-likeness (QED) is 0.436. The molecular weight excluding hydrogens is 370 g/mol. The summed E-state index contributed by atoms with van der Waals surface area (Å²) in [4.78, 5) is 28.1. The predicted octanol–water partition coefficient (Wildman–Crippen LogP) is 4.01. The molecule has 0 N–H and O–H groups in total. The van der Waals surface area contributed by atoms with Crippen molar-refractivity contribution >= 4 is 17.7 Å². The summed E-state index contributed by atoms with van der Waals surface area (Å²) in [5, 5.41) is 4.24. The van der Waals surface area contributed by atoms with Gasteiger partial charge in [0, 0.05) is 19.3 Å². The van der Waals surface area contributed by atoms with Crippen molar-refractivity contribution in [2.45, 2.75) is 64.9 Å². The number of carbonyl (C=O) groups is 2. The normalized spacial score (nSPS) is 34.0. The molecule has 3 aliphatic carbocycles. The minimum Gasteiger partial charge on any atom is -0.456 e. The Morgan fingerprint density at radius 3 is 2.66 bits per heavy atom. The van der Waals surface area contributed by atoms with E-state index in [1.807, 2.05) is 12.1 Å². The van der Waals surface area contributed by atoms with Gasteiger partial charge in [-0.1, -0.05) is 18.1 Å². The first-order chi connectivity index (χ1) is 13.8. The van der Waals surface area contributed by atoms with Crippen molar-refractivity contribution in [1.29, 1.82) is 0 Å². The Labute approximate surface area is 171 Å². The lowest BCUT2D eigenvalue weighted by molar-refractivity contribution is -0.151. The van der Waals surface area contributed by atoms with Gasteiger partial charge >= 0.3 is 11.9 Å². The summed E-state index contributed by atoms with van der Waals surface area (Å²) in [5.41, 5.74) is 3.40. The van der Waals surface area contributed by atoms with Crippen LogP contribution >= 0.6 is 0 Å². The van der Waals surface area contributed by atoms with Gasteiger partial charge in [-0.3, -0.25) is 9.59 Å². The van der Waals surface area contributed by atoms with Gasteiger partial charge in [0.1, 0.15) is 19.0 Å². The Hall–Kier alpha value is -2.37. The fourth-order valence-corrected chi connectivity index (χ4v) is 6.13. The third-order valence-electron chi connectivity index (χ3n) is 7.22. The van der Waals surface area contributed by atoms with E-state index in [0.717, 1.165) is 37.8 Å². The molecule has 29 heavy (non-hydrogen) atoms. The smallest absolute Gasteiger partial charge is 0.308 e. The van der Waals surface area contributed by atoms with Crippen LogP contribution in [0.4, 0.5) is 0 Å². The van der Waals surface area contributed by atoms with Gasteiger partial charge in [0.15, 0.2) is 0 Å². The number of oxime groups is 1. The Morgan fingerprint density at radius 2 is 1.97 bits per heavy atom. The Bertz CT molecular complexity index is 863. The fourth-order valence-electron chi connectivity index (χ4n) is 6.13. The van der Waals surface area contributed by atoms with E-state index in [4.69, 9.17) is 14.3 Å². The summed E-state index contributed by atoms with van der Waals surface area (Å²) in [7, 11) is 1.54. The molecule has 3 aliphatic rings. The summed E-state index contributed by atoms with van der Waals surface area (Å²) >= 11 is 0. The summed E-state index contributed by atoms with van der Waals surface area (Å²) < 4.78 is 11.0. The van der Waals surface area contributed by atoms with Crippen LogP contribution in [0.15, 0.2) is 23.4 Å². The maximum atomic E-state index is 11.8. The van der Waals surface area contributed by atoms with E-state index in [1.54, 1.807) is 7.11 Å². The van der Waals surface area contributed by atoms with Gasteiger partial charge in [-0.2, -0.15) is 0 Å². The van der Waals surface area contributed by atoms with E-state index < -0.39 is 0 Å². The number of hydrogen-bond acceptors (Lipinski definition) is 6. The van der Waals surface area contributed by atoms with E-state index in [9.17, 15) is 9.59 Å². The molecule has 5 atom stereocenters. The second kappa shape index (κ2) is 7.47. The summed E-state index contributed by atoms with van der Waals surface area (Å²) in [5.74, 6) is 1.46. The number of benzene rings is 1. The molecule has 156 valence electrons. The number of hydrogen-bond donors (Lipinski definition) is 0. The second-order valence-corrected chi connectivity index (χ2v) is 8.87. The van der Waals surface area contributed by atoms with Crippen LogP contribution in [-0.4, -0.2) is 30.9 Å². The summed E-state index contributed by atoms with van der Waals surface area (Å²) in [6, 6.07) is 6.06. The number of ether oxygens (including phenoxy) is 2. The first-order valence-corrected chi connectivity index (χ1v) is 10.4. The third-order valence-corrected chi connectivity index (χ3v) is 7.22. The van der Waals surface area contributed by atoms with Crippen LogP contribution < -0.4 is 4.74 Å². The zero-order valence-electron chi connectivity index (χ0n) is 17.6. The van der Waals surface area contributed by atoms with Gasteiger partial charge in [0.2, 0.25) is 0 Å². The monoisotopic (exact) mass is 399 g/mol. The number of esters is 2. The number of nitrogens with zero attached hydrogens (tertiary/aromatic N) is 1. The van der Waals surface area contributed by atoms with Gasteiger partial charge < -0.3 is 14.3 Å². The molecule has 5 unspecified atom stereocenters. The van der Waals surface area contributed by atoms with E-state index >= 15 is 0 Å². The third kappa shape index (κ3) is 3.43. The fraction of sp³-hybridized carbons (Fsp3) is 0.609. The molecule has 0 aliphatic heterocycles. The van der Waals surface area contributed by atoms with Crippen LogP contribution in [0, 0.1) is 17.3 Å². The zero-order chi connectivity index (χ0) is 20.8. The first kappa shape index (κ1) is 19.9. The maximum absolute atomic E-state index is 11.8. The molecule has 2 fully saturated rings. The summed E-state index contributed by atoms with van der Waals surface area (Å²) in [6.07, 6.45) is 4.57. The lowest BCUT2D eigenvalue weighted by Crippen LogP contribution is -2.46. The minimum absolute atomic E-state index is 0.112. The lowest BCUT2D eigenvalue weighted by atomic mass is 9.55. The molecule has 1 aromatic carbocycles. The number of fused-ring (bicyclic) bond motifs is 5. The van der Waals surface area contributed by atoms with Crippen molar-refractivity contribution in [3.63, 3.8) is 0 Å².